The number of carbonyl (C=O) groups excluding carboxylic acids is 1. The number of phenolic OH excluding ortho intramolecular Hbond substituents is 2. The van der Waals surface area contributed by atoms with Crippen LogP contribution in [-0.4, -0.2) is 78.3 Å². The van der Waals surface area contributed by atoms with Crippen molar-refractivity contribution in [1.82, 2.24) is 9.80 Å². The normalized spacial score (nSPS) is 11.5. The highest BCUT2D eigenvalue weighted by molar-refractivity contribution is 6.10. The van der Waals surface area contributed by atoms with Crippen LogP contribution in [-0.2, 0) is 0 Å². The smallest absolute Gasteiger partial charge is 0.193 e. The number of rotatable bonds is 19. The van der Waals surface area contributed by atoms with Crippen LogP contribution in [0.15, 0.2) is 42.5 Å². The highest BCUT2D eigenvalue weighted by Crippen LogP contribution is 2.33. The Labute approximate surface area is 228 Å². The second kappa shape index (κ2) is 17.5. The molecule has 0 radical (unpaired) electrons. The van der Waals surface area contributed by atoms with Gasteiger partial charge in [0.25, 0.3) is 0 Å². The van der Waals surface area contributed by atoms with Crippen molar-refractivity contribution in [3.63, 3.8) is 0 Å². The zero-order chi connectivity index (χ0) is 27.8. The van der Waals surface area contributed by atoms with Gasteiger partial charge in [0, 0.05) is 12.1 Å². The monoisotopic (exact) mass is 526 g/mol. The van der Waals surface area contributed by atoms with Gasteiger partial charge in [-0.3, -0.25) is 4.79 Å². The standard InChI is InChI=1S/C31H46N2O5/c1-5-32(6-2)19-9-11-21-37-26-16-13-25(14-17-26)15-18-28(34)31-29(35)23-27(24-30(31)36)38-22-12-10-20-33(7-3)8-4/h13-18,23-24,35-36H,5-12,19-22H2,1-4H3/b18-15+. The molecule has 2 aromatic rings. The summed E-state index contributed by atoms with van der Waals surface area (Å²) in [7, 11) is 0. The molecule has 2 N–H and O–H groups in total. The quantitative estimate of drug-likeness (QED) is 0.132. The highest BCUT2D eigenvalue weighted by atomic mass is 16.5. The number of aromatic hydroxyl groups is 2. The predicted molar refractivity (Wildman–Crippen MR) is 155 cm³/mol. The molecular formula is C31H46N2O5. The molecule has 210 valence electrons. The first kappa shape index (κ1) is 31.2. The molecule has 0 unspecified atom stereocenters. The number of carbonyl (C=O) groups is 1. The van der Waals surface area contributed by atoms with Crippen LogP contribution < -0.4 is 9.47 Å². The van der Waals surface area contributed by atoms with Crippen molar-refractivity contribution in [3.8, 4) is 23.0 Å². The number of phenols is 2. The van der Waals surface area contributed by atoms with E-state index in [2.05, 4.69) is 37.5 Å². The lowest BCUT2D eigenvalue weighted by atomic mass is 10.1. The zero-order valence-corrected chi connectivity index (χ0v) is 23.6. The molecule has 0 aliphatic heterocycles. The lowest BCUT2D eigenvalue weighted by Crippen LogP contribution is -2.24. The maximum atomic E-state index is 12.7. The molecule has 7 heteroatoms. The van der Waals surface area contributed by atoms with Crippen LogP contribution >= 0.6 is 0 Å². The molecular weight excluding hydrogens is 480 g/mol. The molecule has 0 saturated heterocycles. The summed E-state index contributed by atoms with van der Waals surface area (Å²) in [4.78, 5) is 17.4. The van der Waals surface area contributed by atoms with Gasteiger partial charge < -0.3 is 29.5 Å². The van der Waals surface area contributed by atoms with E-state index in [4.69, 9.17) is 9.47 Å². The first-order valence-electron chi connectivity index (χ1n) is 14.0. The van der Waals surface area contributed by atoms with Gasteiger partial charge in [-0.05, 0) is 88.7 Å². The molecule has 0 heterocycles. The SMILES string of the molecule is CCN(CC)CCCCOc1ccc(/C=C/C(=O)c2c(O)cc(OCCCCN(CC)CC)cc2O)cc1. The zero-order valence-electron chi connectivity index (χ0n) is 23.6. The van der Waals surface area contributed by atoms with Gasteiger partial charge in [0.1, 0.15) is 28.6 Å². The second-order valence-electron chi connectivity index (χ2n) is 9.27. The molecule has 2 rings (SSSR count). The Morgan fingerprint density at radius 3 is 1.68 bits per heavy atom. The average Bonchev–Trinajstić information content (AvgIpc) is 2.92. The number of ether oxygens (including phenoxy) is 2. The second-order valence-corrected chi connectivity index (χ2v) is 9.27. The van der Waals surface area contributed by atoms with Gasteiger partial charge in [0.15, 0.2) is 5.78 Å². The van der Waals surface area contributed by atoms with E-state index in [1.807, 2.05) is 24.3 Å². The first-order chi connectivity index (χ1) is 18.4. The Hall–Kier alpha value is -3.03. The molecule has 0 atom stereocenters. The largest absolute Gasteiger partial charge is 0.507 e. The van der Waals surface area contributed by atoms with Crippen molar-refractivity contribution in [2.45, 2.75) is 53.4 Å². The fourth-order valence-electron chi connectivity index (χ4n) is 4.19. The third-order valence-electron chi connectivity index (χ3n) is 6.69. The molecule has 0 saturated carbocycles. The Morgan fingerprint density at radius 2 is 1.21 bits per heavy atom. The summed E-state index contributed by atoms with van der Waals surface area (Å²) in [5.41, 5.74) is 0.677. The summed E-state index contributed by atoms with van der Waals surface area (Å²) in [5, 5.41) is 20.7. The van der Waals surface area contributed by atoms with Crippen LogP contribution in [0.4, 0.5) is 0 Å². The lowest BCUT2D eigenvalue weighted by molar-refractivity contribution is 0.104. The fraction of sp³-hybridized carbons (Fsp3) is 0.516. The average molecular weight is 527 g/mol. The van der Waals surface area contributed by atoms with Gasteiger partial charge in [0.05, 0.1) is 13.2 Å². The molecule has 0 amide bonds. The number of nitrogens with zero attached hydrogens (tertiary/aromatic N) is 2. The molecule has 0 aliphatic rings. The van der Waals surface area contributed by atoms with Crippen molar-refractivity contribution in [1.29, 1.82) is 0 Å². The van der Waals surface area contributed by atoms with Crippen LogP contribution in [0.2, 0.25) is 0 Å². The van der Waals surface area contributed by atoms with Crippen molar-refractivity contribution in [2.24, 2.45) is 0 Å². The van der Waals surface area contributed by atoms with Crippen molar-refractivity contribution < 1.29 is 24.5 Å². The highest BCUT2D eigenvalue weighted by Gasteiger charge is 2.16. The maximum absolute atomic E-state index is 12.7. The summed E-state index contributed by atoms with van der Waals surface area (Å²) in [6.45, 7) is 16.1. The fourth-order valence-corrected chi connectivity index (χ4v) is 4.19. The van der Waals surface area contributed by atoms with Crippen molar-refractivity contribution in [2.75, 3.05) is 52.5 Å². The number of ketones is 1. The Bertz CT molecular complexity index is 959. The molecule has 0 bridgehead atoms. The first-order valence-corrected chi connectivity index (χ1v) is 14.0. The number of benzene rings is 2. The topological polar surface area (TPSA) is 82.5 Å². The molecule has 0 aliphatic carbocycles. The van der Waals surface area contributed by atoms with Crippen molar-refractivity contribution in [3.05, 3.63) is 53.6 Å². The predicted octanol–water partition coefficient (Wildman–Crippen LogP) is 6.00. The summed E-state index contributed by atoms with van der Waals surface area (Å²) in [6, 6.07) is 10.2. The summed E-state index contributed by atoms with van der Waals surface area (Å²) in [5.74, 6) is 0.0339. The minimum absolute atomic E-state index is 0.139. The van der Waals surface area contributed by atoms with E-state index in [-0.39, 0.29) is 17.1 Å². The van der Waals surface area contributed by atoms with E-state index < -0.39 is 5.78 Å². The van der Waals surface area contributed by atoms with E-state index in [9.17, 15) is 15.0 Å². The molecule has 38 heavy (non-hydrogen) atoms. The van der Waals surface area contributed by atoms with Crippen LogP contribution in [0.1, 0.15) is 69.3 Å². The molecule has 2 aromatic carbocycles. The van der Waals surface area contributed by atoms with Crippen LogP contribution in [0.3, 0.4) is 0 Å². The Kier molecular flexibility index (Phi) is 14.3. The summed E-state index contributed by atoms with van der Waals surface area (Å²) < 4.78 is 11.5. The summed E-state index contributed by atoms with van der Waals surface area (Å²) >= 11 is 0. The van der Waals surface area contributed by atoms with Crippen LogP contribution in [0.5, 0.6) is 23.0 Å². The van der Waals surface area contributed by atoms with Gasteiger partial charge in [-0.15, -0.1) is 0 Å². The van der Waals surface area contributed by atoms with Gasteiger partial charge >= 0.3 is 0 Å². The molecule has 0 aromatic heterocycles. The molecule has 7 nitrogen and oxygen atoms in total. The third-order valence-corrected chi connectivity index (χ3v) is 6.69. The minimum atomic E-state index is -0.487. The van der Waals surface area contributed by atoms with Crippen LogP contribution in [0, 0.1) is 0 Å². The van der Waals surface area contributed by atoms with E-state index in [1.165, 1.54) is 18.2 Å². The van der Waals surface area contributed by atoms with Gasteiger partial charge in [-0.1, -0.05) is 45.9 Å². The maximum Gasteiger partial charge on any atom is 0.193 e. The number of allylic oxidation sites excluding steroid dienone is 1. The van der Waals surface area contributed by atoms with Crippen molar-refractivity contribution >= 4 is 11.9 Å². The Balaban J connectivity index is 1.82. The molecule has 0 fully saturated rings. The van der Waals surface area contributed by atoms with E-state index in [1.54, 1.807) is 6.08 Å². The van der Waals surface area contributed by atoms with E-state index in [0.717, 1.165) is 76.3 Å². The Morgan fingerprint density at radius 1 is 0.737 bits per heavy atom. The number of unbranched alkanes of at least 4 members (excludes halogenated alkanes) is 2. The third kappa shape index (κ3) is 10.8. The number of hydrogen-bond acceptors (Lipinski definition) is 7. The number of hydrogen-bond donors (Lipinski definition) is 2. The van der Waals surface area contributed by atoms with Gasteiger partial charge in [-0.25, -0.2) is 0 Å². The lowest BCUT2D eigenvalue weighted by Gasteiger charge is -2.17. The molecule has 0 spiro atoms. The summed E-state index contributed by atoms with van der Waals surface area (Å²) in [6.07, 6.45) is 6.96. The van der Waals surface area contributed by atoms with Gasteiger partial charge in [0.2, 0.25) is 0 Å². The van der Waals surface area contributed by atoms with Gasteiger partial charge in [-0.2, -0.15) is 0 Å². The minimum Gasteiger partial charge on any atom is -0.507 e. The van der Waals surface area contributed by atoms with E-state index >= 15 is 0 Å². The van der Waals surface area contributed by atoms with E-state index in [0.29, 0.717) is 19.0 Å². The van der Waals surface area contributed by atoms with Crippen LogP contribution in [0.25, 0.3) is 6.08 Å².